The van der Waals surface area contributed by atoms with Gasteiger partial charge in [-0.1, -0.05) is 60.7 Å². The highest BCUT2D eigenvalue weighted by atomic mass is 16.6. The summed E-state index contributed by atoms with van der Waals surface area (Å²) in [6, 6.07) is 25.5. The number of anilines is 2. The summed E-state index contributed by atoms with van der Waals surface area (Å²) < 4.78 is 29.4. The predicted octanol–water partition coefficient (Wildman–Crippen LogP) is 9.72. The van der Waals surface area contributed by atoms with Crippen LogP contribution in [0.2, 0.25) is 0 Å². The van der Waals surface area contributed by atoms with Gasteiger partial charge >= 0.3 is 6.09 Å². The van der Waals surface area contributed by atoms with E-state index in [2.05, 4.69) is 85.7 Å². The monoisotopic (exact) mass is 891 g/mol. The topological polar surface area (TPSA) is 111 Å². The van der Waals surface area contributed by atoms with E-state index in [9.17, 15) is 4.79 Å². The van der Waals surface area contributed by atoms with Gasteiger partial charge in [-0.15, -0.1) is 0 Å². The van der Waals surface area contributed by atoms with E-state index in [1.165, 1.54) is 42.5 Å². The number of piperidine rings is 2. The number of hydrogen-bond donors (Lipinski definition) is 1. The van der Waals surface area contributed by atoms with Crippen LogP contribution in [0.1, 0.15) is 96.1 Å². The lowest BCUT2D eigenvalue weighted by atomic mass is 9.94. The third-order valence-corrected chi connectivity index (χ3v) is 13.0. The van der Waals surface area contributed by atoms with Gasteiger partial charge in [-0.2, -0.15) is 0 Å². The van der Waals surface area contributed by atoms with Gasteiger partial charge in [0.1, 0.15) is 30.3 Å². The van der Waals surface area contributed by atoms with E-state index < -0.39 is 5.60 Å². The number of carbonyl (C=O) groups is 1. The Morgan fingerprint density at radius 2 is 1.17 bits per heavy atom. The molecule has 4 aromatic rings. The largest absolute Gasteiger partial charge is 0.490 e. The number of hydrogen-bond acceptors (Lipinski definition) is 11. The Morgan fingerprint density at radius 3 is 1.66 bits per heavy atom. The second kappa shape index (κ2) is 25.1. The van der Waals surface area contributed by atoms with Crippen molar-refractivity contribution in [1.82, 2.24) is 20.2 Å². The third-order valence-electron chi connectivity index (χ3n) is 13.0. The van der Waals surface area contributed by atoms with Crippen molar-refractivity contribution < 1.29 is 28.5 Å². The number of likely N-dealkylation sites (tertiary alicyclic amines) is 1. The number of pyridine rings is 2. The number of carbonyl (C=O) groups excluding carboxylic acids is 1. The Kier molecular flexibility index (Phi) is 18.6. The van der Waals surface area contributed by atoms with E-state index in [-0.39, 0.29) is 12.1 Å². The molecule has 0 spiro atoms. The molecule has 4 saturated heterocycles. The SMILES string of the molecule is CC(C)(C)OC(=O)N1CCC[C@@H]1COc1cncc(N2CCC(CCOCc3ccccc3)CC2)c1.c1ccc(COCCC2CCN(c3cncc(OC[C@H]4CCCN4)c3)CC2)cc1. The van der Waals surface area contributed by atoms with Crippen molar-refractivity contribution >= 4 is 17.5 Å². The van der Waals surface area contributed by atoms with Crippen LogP contribution in [0.15, 0.2) is 97.6 Å². The number of ether oxygens (including phenoxy) is 5. The molecular formula is C53H74N6O6. The summed E-state index contributed by atoms with van der Waals surface area (Å²) in [5.41, 5.74) is 4.27. The second-order valence-corrected chi connectivity index (χ2v) is 19.2. The number of benzene rings is 2. The highest BCUT2D eigenvalue weighted by Gasteiger charge is 2.33. The Hall–Kier alpha value is -4.91. The lowest BCUT2D eigenvalue weighted by Crippen LogP contribution is -2.42. The smallest absolute Gasteiger partial charge is 0.410 e. The molecule has 8 rings (SSSR count). The molecule has 4 fully saturated rings. The van der Waals surface area contributed by atoms with E-state index in [4.69, 9.17) is 23.7 Å². The van der Waals surface area contributed by atoms with Gasteiger partial charge in [0.05, 0.1) is 55.4 Å². The quantitative estimate of drug-likeness (QED) is 0.0965. The van der Waals surface area contributed by atoms with Gasteiger partial charge in [-0.3, -0.25) is 9.97 Å². The van der Waals surface area contributed by atoms with Gasteiger partial charge in [0.15, 0.2) is 0 Å². The lowest BCUT2D eigenvalue weighted by Gasteiger charge is -2.33. The first-order valence-electron chi connectivity index (χ1n) is 24.4. The molecule has 1 amide bonds. The number of amides is 1. The zero-order valence-electron chi connectivity index (χ0n) is 39.3. The summed E-state index contributed by atoms with van der Waals surface area (Å²) >= 11 is 0. The fourth-order valence-electron chi connectivity index (χ4n) is 9.16. The van der Waals surface area contributed by atoms with Crippen molar-refractivity contribution in [3.05, 3.63) is 109 Å². The summed E-state index contributed by atoms with van der Waals surface area (Å²) in [4.78, 5) is 28.0. The maximum Gasteiger partial charge on any atom is 0.410 e. The molecule has 352 valence electrons. The molecule has 0 radical (unpaired) electrons. The van der Waals surface area contributed by atoms with Gasteiger partial charge < -0.3 is 43.7 Å². The number of nitrogens with zero attached hydrogens (tertiary/aromatic N) is 5. The summed E-state index contributed by atoms with van der Waals surface area (Å²) in [5.74, 6) is 3.08. The molecule has 2 aromatic heterocycles. The molecule has 4 aliphatic rings. The van der Waals surface area contributed by atoms with Gasteiger partial charge in [0, 0.05) is 64.1 Å². The van der Waals surface area contributed by atoms with Crippen molar-refractivity contribution in [2.45, 2.75) is 116 Å². The Bertz CT molecular complexity index is 1960. The molecule has 65 heavy (non-hydrogen) atoms. The van der Waals surface area contributed by atoms with Crippen LogP contribution in [-0.4, -0.2) is 104 Å². The lowest BCUT2D eigenvalue weighted by molar-refractivity contribution is 0.0187. The Balaban J connectivity index is 0.000000198. The van der Waals surface area contributed by atoms with E-state index in [0.29, 0.717) is 38.3 Å². The molecule has 2 atom stereocenters. The van der Waals surface area contributed by atoms with Crippen molar-refractivity contribution in [2.75, 3.05) is 75.5 Å². The van der Waals surface area contributed by atoms with Crippen LogP contribution in [0.25, 0.3) is 0 Å². The summed E-state index contributed by atoms with van der Waals surface area (Å²) in [6.45, 7) is 16.0. The molecular weight excluding hydrogens is 817 g/mol. The van der Waals surface area contributed by atoms with Crippen LogP contribution < -0.4 is 24.6 Å². The first kappa shape index (κ1) is 48.0. The van der Waals surface area contributed by atoms with Crippen LogP contribution in [0.5, 0.6) is 11.5 Å². The number of aromatic nitrogens is 2. The zero-order chi connectivity index (χ0) is 45.1. The molecule has 4 aliphatic heterocycles. The van der Waals surface area contributed by atoms with Gasteiger partial charge in [-0.25, -0.2) is 4.79 Å². The van der Waals surface area contributed by atoms with Crippen molar-refractivity contribution in [1.29, 1.82) is 0 Å². The molecule has 2 aromatic carbocycles. The van der Waals surface area contributed by atoms with Crippen LogP contribution in [-0.2, 0) is 27.4 Å². The van der Waals surface area contributed by atoms with E-state index in [1.54, 1.807) is 11.1 Å². The van der Waals surface area contributed by atoms with Crippen LogP contribution in [0.3, 0.4) is 0 Å². The molecule has 0 aliphatic carbocycles. The normalized spacial score (nSPS) is 19.5. The molecule has 0 bridgehead atoms. The van der Waals surface area contributed by atoms with Gasteiger partial charge in [-0.05, 0) is 114 Å². The summed E-state index contributed by atoms with van der Waals surface area (Å²) in [7, 11) is 0. The van der Waals surface area contributed by atoms with Crippen molar-refractivity contribution in [3.8, 4) is 11.5 Å². The molecule has 0 unspecified atom stereocenters. The average molecular weight is 891 g/mol. The van der Waals surface area contributed by atoms with Gasteiger partial charge in [0.25, 0.3) is 0 Å². The fraction of sp³-hybridized carbons (Fsp3) is 0.566. The second-order valence-electron chi connectivity index (χ2n) is 19.2. The fourth-order valence-corrected chi connectivity index (χ4v) is 9.16. The van der Waals surface area contributed by atoms with E-state index in [1.807, 2.05) is 51.5 Å². The highest BCUT2D eigenvalue weighted by Crippen LogP contribution is 2.30. The Labute approximate surface area is 388 Å². The van der Waals surface area contributed by atoms with Crippen LogP contribution in [0, 0.1) is 11.8 Å². The van der Waals surface area contributed by atoms with Crippen molar-refractivity contribution in [2.24, 2.45) is 11.8 Å². The van der Waals surface area contributed by atoms with Crippen LogP contribution >= 0.6 is 0 Å². The van der Waals surface area contributed by atoms with E-state index >= 15 is 0 Å². The van der Waals surface area contributed by atoms with E-state index in [0.717, 1.165) is 114 Å². The molecule has 12 heteroatoms. The first-order valence-corrected chi connectivity index (χ1v) is 24.4. The molecule has 12 nitrogen and oxygen atoms in total. The maximum atomic E-state index is 12.5. The molecule has 1 N–H and O–H groups in total. The first-order chi connectivity index (χ1) is 31.7. The predicted molar refractivity (Wildman–Crippen MR) is 258 cm³/mol. The maximum absolute atomic E-state index is 12.5. The summed E-state index contributed by atoms with van der Waals surface area (Å²) in [6.07, 6.45) is 18.6. The molecule has 0 saturated carbocycles. The minimum absolute atomic E-state index is 0.0309. The van der Waals surface area contributed by atoms with Crippen LogP contribution in [0.4, 0.5) is 16.2 Å². The minimum atomic E-state index is -0.494. The average Bonchev–Trinajstić information content (AvgIpc) is 4.05. The standard InChI is InChI=1S/C29H41N3O4.C24H33N3O2/c1-29(2,3)36-28(33)32-14-7-10-25(32)22-35-27-18-26(19-30-20-27)31-15-11-23(12-16-31)13-17-34-21-24-8-5-4-6-9-24;1-2-5-21(6-3-1)18-28-14-10-20-8-12-27(13-9-20)23-15-24(17-25-16-23)29-19-22-7-4-11-26-22/h4-6,8-9,18-20,23,25H,7,10-17,21-22H2,1-3H3;1-3,5-6,15-17,20,22,26H,4,7-14,18-19H2/t25-;22-/m11/s1. The minimum Gasteiger partial charge on any atom is -0.490 e. The molecule has 6 heterocycles. The summed E-state index contributed by atoms with van der Waals surface area (Å²) in [5, 5.41) is 3.47. The number of rotatable bonds is 18. The van der Waals surface area contributed by atoms with Gasteiger partial charge in [0.2, 0.25) is 0 Å². The Morgan fingerprint density at radius 1 is 0.646 bits per heavy atom. The zero-order valence-corrected chi connectivity index (χ0v) is 39.3. The number of nitrogens with one attached hydrogen (secondary N) is 1. The van der Waals surface area contributed by atoms with Crippen molar-refractivity contribution in [3.63, 3.8) is 0 Å². The highest BCUT2D eigenvalue weighted by molar-refractivity contribution is 5.69. The third kappa shape index (κ3) is 16.2.